The monoisotopic (exact) mass is 161 g/mol. The van der Waals surface area contributed by atoms with E-state index in [-0.39, 0.29) is 12.5 Å². The molecule has 3 atom stereocenters. The fourth-order valence-corrected chi connectivity index (χ4v) is 1.20. The van der Waals surface area contributed by atoms with Crippen LogP contribution < -0.4 is 5.32 Å². The highest BCUT2D eigenvalue weighted by Crippen LogP contribution is 2.13. The highest BCUT2D eigenvalue weighted by Gasteiger charge is 2.38. The van der Waals surface area contributed by atoms with Crippen molar-refractivity contribution in [3.05, 3.63) is 0 Å². The molecule has 5 nitrogen and oxygen atoms in total. The molecule has 1 heterocycles. The number of carbonyl (C=O) groups is 1. The second-order valence-corrected chi connectivity index (χ2v) is 2.66. The van der Waals surface area contributed by atoms with Gasteiger partial charge in [-0.15, -0.1) is 0 Å². The zero-order valence-electron chi connectivity index (χ0n) is 5.90. The van der Waals surface area contributed by atoms with Crippen LogP contribution in [0.2, 0.25) is 0 Å². The Morgan fingerprint density at radius 2 is 2.27 bits per heavy atom. The van der Waals surface area contributed by atoms with E-state index < -0.39 is 18.1 Å². The van der Waals surface area contributed by atoms with Crippen LogP contribution >= 0.6 is 0 Å². The normalized spacial score (nSPS) is 37.5. The molecule has 0 amide bonds. The molecule has 1 rings (SSSR count). The van der Waals surface area contributed by atoms with Crippen LogP contribution in [0.3, 0.4) is 0 Å². The summed E-state index contributed by atoms with van der Waals surface area (Å²) in [5.41, 5.74) is 0. The molecule has 0 aromatic carbocycles. The third-order valence-corrected chi connectivity index (χ3v) is 1.93. The van der Waals surface area contributed by atoms with Crippen molar-refractivity contribution in [1.82, 2.24) is 5.32 Å². The molecule has 5 heteroatoms. The van der Waals surface area contributed by atoms with Crippen molar-refractivity contribution in [3.63, 3.8) is 0 Å². The van der Waals surface area contributed by atoms with E-state index in [1.54, 1.807) is 0 Å². The van der Waals surface area contributed by atoms with Gasteiger partial charge in [0.15, 0.2) is 0 Å². The van der Waals surface area contributed by atoms with Crippen LogP contribution in [0.4, 0.5) is 0 Å². The number of aliphatic carboxylic acids is 1. The van der Waals surface area contributed by atoms with Crippen molar-refractivity contribution >= 4 is 5.97 Å². The number of carboxylic acid groups (broad SMARTS) is 1. The first-order valence-electron chi connectivity index (χ1n) is 3.42. The molecule has 4 N–H and O–H groups in total. The lowest BCUT2D eigenvalue weighted by molar-refractivity contribution is -0.141. The summed E-state index contributed by atoms with van der Waals surface area (Å²) in [6.45, 7) is 0.173. The van der Waals surface area contributed by atoms with Gasteiger partial charge in [-0.05, 0) is 0 Å². The largest absolute Gasteiger partial charge is 0.480 e. The zero-order valence-corrected chi connectivity index (χ0v) is 5.90. The van der Waals surface area contributed by atoms with Gasteiger partial charge >= 0.3 is 5.97 Å². The molecule has 1 aliphatic heterocycles. The first kappa shape index (κ1) is 8.45. The highest BCUT2D eigenvalue weighted by atomic mass is 16.4. The molecular formula is C6H11NO4. The van der Waals surface area contributed by atoms with Crippen LogP contribution in [-0.4, -0.2) is 46.6 Å². The van der Waals surface area contributed by atoms with Crippen LogP contribution in [0.5, 0.6) is 0 Å². The summed E-state index contributed by atoms with van der Waals surface area (Å²) in [7, 11) is 0. The van der Waals surface area contributed by atoms with E-state index >= 15 is 0 Å². The van der Waals surface area contributed by atoms with E-state index in [0.29, 0.717) is 6.54 Å². The molecule has 1 aliphatic rings. The van der Waals surface area contributed by atoms with Gasteiger partial charge in [-0.3, -0.25) is 4.79 Å². The van der Waals surface area contributed by atoms with Crippen LogP contribution in [0.1, 0.15) is 0 Å². The van der Waals surface area contributed by atoms with Gasteiger partial charge in [-0.25, -0.2) is 0 Å². The number of rotatable bonds is 2. The quantitative estimate of drug-likeness (QED) is 0.376. The summed E-state index contributed by atoms with van der Waals surface area (Å²) < 4.78 is 0. The summed E-state index contributed by atoms with van der Waals surface area (Å²) in [5.74, 6) is -1.43. The molecule has 1 fully saturated rings. The molecule has 0 bridgehead atoms. The van der Waals surface area contributed by atoms with Gasteiger partial charge in [-0.1, -0.05) is 0 Å². The van der Waals surface area contributed by atoms with Crippen molar-refractivity contribution in [1.29, 1.82) is 0 Å². The zero-order chi connectivity index (χ0) is 8.43. The van der Waals surface area contributed by atoms with E-state index in [1.165, 1.54) is 0 Å². The van der Waals surface area contributed by atoms with Gasteiger partial charge in [0.05, 0.1) is 6.10 Å². The molecule has 0 aromatic rings. The van der Waals surface area contributed by atoms with Crippen LogP contribution in [-0.2, 0) is 4.79 Å². The van der Waals surface area contributed by atoms with Gasteiger partial charge in [0.1, 0.15) is 6.04 Å². The molecule has 0 spiro atoms. The van der Waals surface area contributed by atoms with E-state index in [9.17, 15) is 9.90 Å². The number of hydrogen-bond donors (Lipinski definition) is 4. The van der Waals surface area contributed by atoms with Crippen molar-refractivity contribution in [2.45, 2.75) is 12.1 Å². The molecule has 1 saturated heterocycles. The van der Waals surface area contributed by atoms with E-state index in [4.69, 9.17) is 10.2 Å². The van der Waals surface area contributed by atoms with Crippen molar-refractivity contribution in [2.75, 3.05) is 13.2 Å². The first-order chi connectivity index (χ1) is 5.16. The Kier molecular flexibility index (Phi) is 2.43. The first-order valence-corrected chi connectivity index (χ1v) is 3.42. The summed E-state index contributed by atoms with van der Waals surface area (Å²) in [6, 6.07) is -0.924. The fraction of sp³-hybridized carbons (Fsp3) is 0.833. The molecule has 0 aliphatic carbocycles. The number of carboxylic acids is 1. The lowest BCUT2D eigenvalue weighted by Crippen LogP contribution is -2.39. The number of aliphatic hydroxyl groups is 2. The van der Waals surface area contributed by atoms with Crippen molar-refractivity contribution in [2.24, 2.45) is 5.92 Å². The summed E-state index contributed by atoms with van der Waals surface area (Å²) in [5, 5.41) is 28.9. The Balaban J connectivity index is 2.55. The maximum Gasteiger partial charge on any atom is 0.323 e. The minimum absolute atomic E-state index is 0.183. The van der Waals surface area contributed by atoms with Gasteiger partial charge in [0.25, 0.3) is 0 Å². The van der Waals surface area contributed by atoms with Crippen LogP contribution in [0.15, 0.2) is 0 Å². The lowest BCUT2D eigenvalue weighted by atomic mass is 10.0. The topological polar surface area (TPSA) is 89.8 Å². The Labute approximate surface area is 63.7 Å². The van der Waals surface area contributed by atoms with Gasteiger partial charge in [-0.2, -0.15) is 0 Å². The molecule has 11 heavy (non-hydrogen) atoms. The van der Waals surface area contributed by atoms with Crippen molar-refractivity contribution < 1.29 is 20.1 Å². The predicted octanol–water partition coefficient (Wildman–Crippen LogP) is -1.99. The molecular weight excluding hydrogens is 150 g/mol. The average molecular weight is 161 g/mol. The minimum atomic E-state index is -1.08. The molecule has 0 aromatic heterocycles. The molecule has 0 saturated carbocycles. The third-order valence-electron chi connectivity index (χ3n) is 1.93. The lowest BCUT2D eigenvalue weighted by Gasteiger charge is -2.12. The number of hydrogen-bond acceptors (Lipinski definition) is 4. The Morgan fingerprint density at radius 3 is 2.55 bits per heavy atom. The van der Waals surface area contributed by atoms with Gasteiger partial charge in [0, 0.05) is 19.1 Å². The smallest absolute Gasteiger partial charge is 0.323 e. The predicted molar refractivity (Wildman–Crippen MR) is 36.0 cm³/mol. The van der Waals surface area contributed by atoms with E-state index in [2.05, 4.69) is 5.32 Å². The SMILES string of the molecule is O=C(O)C1NCC(CO)C1O. The summed E-state index contributed by atoms with van der Waals surface area (Å²) in [4.78, 5) is 10.4. The average Bonchev–Trinajstić information content (AvgIpc) is 2.30. The van der Waals surface area contributed by atoms with E-state index in [0.717, 1.165) is 0 Å². The van der Waals surface area contributed by atoms with Gasteiger partial charge in [0.2, 0.25) is 0 Å². The Hall–Kier alpha value is -0.650. The van der Waals surface area contributed by atoms with E-state index in [1.807, 2.05) is 0 Å². The molecule has 3 unspecified atom stereocenters. The second kappa shape index (κ2) is 3.17. The third kappa shape index (κ3) is 1.50. The maximum atomic E-state index is 10.4. The standard InChI is InChI=1S/C6H11NO4/c8-2-3-1-7-4(5(3)9)6(10)11/h3-5,7-9H,1-2H2,(H,10,11). The van der Waals surface area contributed by atoms with Crippen LogP contribution in [0.25, 0.3) is 0 Å². The highest BCUT2D eigenvalue weighted by molar-refractivity contribution is 5.74. The molecule has 0 radical (unpaired) electrons. The molecule has 64 valence electrons. The van der Waals surface area contributed by atoms with Crippen molar-refractivity contribution in [3.8, 4) is 0 Å². The number of nitrogens with one attached hydrogen (secondary N) is 1. The van der Waals surface area contributed by atoms with Crippen LogP contribution in [0, 0.1) is 5.92 Å². The van der Waals surface area contributed by atoms with Gasteiger partial charge < -0.3 is 20.6 Å². The Morgan fingerprint density at radius 1 is 1.64 bits per heavy atom. The number of aliphatic hydroxyl groups excluding tert-OH is 2. The second-order valence-electron chi connectivity index (χ2n) is 2.66. The fourth-order valence-electron chi connectivity index (χ4n) is 1.20. The minimum Gasteiger partial charge on any atom is -0.480 e. The summed E-state index contributed by atoms with van der Waals surface area (Å²) >= 11 is 0. The Bertz CT molecular complexity index is 161. The summed E-state index contributed by atoms with van der Waals surface area (Å²) in [6.07, 6.45) is -0.975. The maximum absolute atomic E-state index is 10.4.